The van der Waals surface area contributed by atoms with Crippen LogP contribution < -0.4 is 0 Å². The van der Waals surface area contributed by atoms with Gasteiger partial charge in [-0.1, -0.05) is 6.07 Å². The number of ketones is 1. The summed E-state index contributed by atoms with van der Waals surface area (Å²) in [6, 6.07) is 4.59. The van der Waals surface area contributed by atoms with E-state index in [2.05, 4.69) is 30.7 Å². The highest BCUT2D eigenvalue weighted by Gasteiger charge is 2.26. The lowest BCUT2D eigenvalue weighted by Gasteiger charge is -2.42. The maximum atomic E-state index is 13.6. The van der Waals surface area contributed by atoms with Gasteiger partial charge in [0.25, 0.3) is 0 Å². The van der Waals surface area contributed by atoms with E-state index in [-0.39, 0.29) is 17.8 Å². The maximum Gasteiger partial charge on any atom is 0.169 e. The van der Waals surface area contributed by atoms with Gasteiger partial charge in [-0.2, -0.15) is 0 Å². The van der Waals surface area contributed by atoms with Crippen LogP contribution in [0.25, 0.3) is 0 Å². The van der Waals surface area contributed by atoms with Crippen LogP contribution in [0.15, 0.2) is 18.2 Å². The van der Waals surface area contributed by atoms with Crippen molar-refractivity contribution in [2.45, 2.75) is 32.4 Å². The Morgan fingerprint density at radius 3 is 2.48 bits per heavy atom. The second-order valence-electron chi connectivity index (χ2n) is 5.90. The molecule has 1 aromatic carbocycles. The Balaban J connectivity index is 1.94. The average Bonchev–Trinajstić information content (AvgIpc) is 2.45. The van der Waals surface area contributed by atoms with Crippen LogP contribution in [0.1, 0.15) is 30.6 Å². The second-order valence-corrected chi connectivity index (χ2v) is 5.90. The van der Waals surface area contributed by atoms with Gasteiger partial charge in [-0.3, -0.25) is 14.6 Å². The van der Waals surface area contributed by atoms with Gasteiger partial charge in [0.1, 0.15) is 0 Å². The molecule has 1 heterocycles. The van der Waals surface area contributed by atoms with Crippen molar-refractivity contribution in [3.05, 3.63) is 35.4 Å². The molecule has 21 heavy (non-hydrogen) atoms. The van der Waals surface area contributed by atoms with Gasteiger partial charge < -0.3 is 0 Å². The first-order valence-electron chi connectivity index (χ1n) is 7.31. The van der Waals surface area contributed by atoms with Gasteiger partial charge >= 0.3 is 0 Å². The van der Waals surface area contributed by atoms with Crippen LogP contribution in [0.2, 0.25) is 0 Å². The largest absolute Gasteiger partial charge is 0.300 e. The van der Waals surface area contributed by atoms with Crippen molar-refractivity contribution in [3.63, 3.8) is 0 Å². The van der Waals surface area contributed by atoms with Crippen LogP contribution in [0, 0.1) is 11.6 Å². The number of Topliss-reactive ketones (excluding diaryl/α,β-unsaturated/α-hetero) is 1. The van der Waals surface area contributed by atoms with Crippen molar-refractivity contribution in [1.29, 1.82) is 0 Å². The molecule has 0 N–H and O–H groups in total. The Morgan fingerprint density at radius 1 is 1.24 bits per heavy atom. The van der Waals surface area contributed by atoms with Crippen LogP contribution in [-0.2, 0) is 0 Å². The molecule has 0 saturated carbocycles. The summed E-state index contributed by atoms with van der Waals surface area (Å²) in [4.78, 5) is 16.6. The van der Waals surface area contributed by atoms with Crippen molar-refractivity contribution >= 4 is 5.78 Å². The molecule has 0 radical (unpaired) electrons. The first-order valence-corrected chi connectivity index (χ1v) is 7.31. The highest BCUT2D eigenvalue weighted by Crippen LogP contribution is 2.16. The third-order valence-electron chi connectivity index (χ3n) is 4.34. The standard InChI is InChI=1S/C16H22F2N2O/c1-11-9-20(10-12(2)19(11)3)8-7-15(21)13-5-4-6-14(17)16(13)18/h4-6,11-12H,7-10H2,1-3H3. The number of carbonyl (C=O) groups is 1. The summed E-state index contributed by atoms with van der Waals surface area (Å²) < 4.78 is 26.7. The zero-order valence-electron chi connectivity index (χ0n) is 12.8. The molecule has 1 aliphatic rings. The fourth-order valence-corrected chi connectivity index (χ4v) is 2.81. The summed E-state index contributed by atoms with van der Waals surface area (Å²) in [7, 11) is 2.10. The van der Waals surface area contributed by atoms with Gasteiger partial charge in [0.15, 0.2) is 17.4 Å². The predicted octanol–water partition coefficient (Wildman–Crippen LogP) is 2.56. The minimum Gasteiger partial charge on any atom is -0.300 e. The molecule has 0 aromatic heterocycles. The number of carbonyl (C=O) groups excluding carboxylic acids is 1. The van der Waals surface area contributed by atoms with Gasteiger partial charge in [0.05, 0.1) is 5.56 Å². The van der Waals surface area contributed by atoms with Crippen molar-refractivity contribution in [2.75, 3.05) is 26.7 Å². The van der Waals surface area contributed by atoms with Gasteiger partial charge in [-0.15, -0.1) is 0 Å². The molecule has 3 nitrogen and oxygen atoms in total. The van der Waals surface area contributed by atoms with E-state index in [1.54, 1.807) is 0 Å². The number of piperazine rings is 1. The Bertz CT molecular complexity index is 509. The molecule has 1 aromatic rings. The lowest BCUT2D eigenvalue weighted by molar-refractivity contribution is 0.0575. The van der Waals surface area contributed by atoms with Crippen molar-refractivity contribution < 1.29 is 13.6 Å². The molecule has 5 heteroatoms. The molecule has 1 aliphatic heterocycles. The van der Waals surface area contributed by atoms with E-state index in [0.29, 0.717) is 18.6 Å². The number of hydrogen-bond donors (Lipinski definition) is 0. The molecule has 0 amide bonds. The molecule has 1 fully saturated rings. The first kappa shape index (κ1) is 16.0. The van der Waals surface area contributed by atoms with Crippen molar-refractivity contribution in [3.8, 4) is 0 Å². The Morgan fingerprint density at radius 2 is 1.86 bits per heavy atom. The molecular weight excluding hydrogens is 274 g/mol. The summed E-state index contributed by atoms with van der Waals surface area (Å²) in [5.41, 5.74) is -0.148. The average molecular weight is 296 g/mol. The summed E-state index contributed by atoms with van der Waals surface area (Å²) in [5, 5.41) is 0. The summed E-state index contributed by atoms with van der Waals surface area (Å²) >= 11 is 0. The van der Waals surface area contributed by atoms with E-state index in [4.69, 9.17) is 0 Å². The van der Waals surface area contributed by atoms with E-state index in [0.717, 1.165) is 19.2 Å². The number of hydrogen-bond acceptors (Lipinski definition) is 3. The minimum atomic E-state index is -1.04. The second kappa shape index (κ2) is 6.62. The Hall–Kier alpha value is -1.33. The monoisotopic (exact) mass is 296 g/mol. The lowest BCUT2D eigenvalue weighted by Crippen LogP contribution is -2.55. The summed E-state index contributed by atoms with van der Waals surface area (Å²) in [5.74, 6) is -2.35. The van der Waals surface area contributed by atoms with E-state index in [9.17, 15) is 13.6 Å². The van der Waals surface area contributed by atoms with Crippen molar-refractivity contribution in [1.82, 2.24) is 9.80 Å². The topological polar surface area (TPSA) is 23.6 Å². The SMILES string of the molecule is CC1CN(CCC(=O)c2cccc(F)c2F)CC(C)N1C. The third-order valence-corrected chi connectivity index (χ3v) is 4.34. The fraction of sp³-hybridized carbons (Fsp3) is 0.562. The number of benzene rings is 1. The Labute approximate surface area is 124 Å². The van der Waals surface area contributed by atoms with Gasteiger partial charge in [0.2, 0.25) is 0 Å². The third kappa shape index (κ3) is 3.66. The van der Waals surface area contributed by atoms with Crippen LogP contribution in [0.3, 0.4) is 0 Å². The van der Waals surface area contributed by atoms with Crippen LogP contribution in [0.4, 0.5) is 8.78 Å². The summed E-state index contributed by atoms with van der Waals surface area (Å²) in [6.07, 6.45) is 0.212. The van der Waals surface area contributed by atoms with E-state index in [1.807, 2.05) is 0 Å². The van der Waals surface area contributed by atoms with Gasteiger partial charge in [-0.05, 0) is 33.0 Å². The minimum absolute atomic E-state index is 0.148. The first-order chi connectivity index (χ1) is 9.90. The highest BCUT2D eigenvalue weighted by molar-refractivity contribution is 5.96. The van der Waals surface area contributed by atoms with Crippen LogP contribution in [-0.4, -0.2) is 54.3 Å². The summed E-state index contributed by atoms with van der Waals surface area (Å²) in [6.45, 7) is 6.66. The van der Waals surface area contributed by atoms with E-state index in [1.165, 1.54) is 12.1 Å². The van der Waals surface area contributed by atoms with Gasteiger partial charge in [0, 0.05) is 38.1 Å². The molecule has 116 valence electrons. The number of nitrogens with zero attached hydrogens (tertiary/aromatic N) is 2. The number of rotatable bonds is 4. The molecule has 0 spiro atoms. The lowest BCUT2D eigenvalue weighted by atomic mass is 10.1. The fourth-order valence-electron chi connectivity index (χ4n) is 2.81. The molecule has 2 unspecified atom stereocenters. The Kier molecular flexibility index (Phi) is 5.06. The number of halogens is 2. The quantitative estimate of drug-likeness (QED) is 0.798. The normalized spacial score (nSPS) is 24.2. The molecule has 0 aliphatic carbocycles. The molecule has 2 rings (SSSR count). The highest BCUT2D eigenvalue weighted by atomic mass is 19.2. The molecule has 1 saturated heterocycles. The van der Waals surface area contributed by atoms with E-state index >= 15 is 0 Å². The molecule has 2 atom stereocenters. The van der Waals surface area contributed by atoms with Crippen LogP contribution in [0.5, 0.6) is 0 Å². The van der Waals surface area contributed by atoms with E-state index < -0.39 is 11.6 Å². The maximum absolute atomic E-state index is 13.6. The van der Waals surface area contributed by atoms with Crippen LogP contribution >= 0.6 is 0 Å². The predicted molar refractivity (Wildman–Crippen MR) is 78.4 cm³/mol. The zero-order valence-corrected chi connectivity index (χ0v) is 12.8. The smallest absolute Gasteiger partial charge is 0.169 e. The molecule has 0 bridgehead atoms. The van der Waals surface area contributed by atoms with Gasteiger partial charge in [-0.25, -0.2) is 8.78 Å². The van der Waals surface area contributed by atoms with Crippen molar-refractivity contribution in [2.24, 2.45) is 0 Å². The molecular formula is C16H22F2N2O. The zero-order chi connectivity index (χ0) is 15.6. The number of likely N-dealkylation sites (N-methyl/N-ethyl adjacent to an activating group) is 1.